The largest absolute Gasteiger partial charge is 0.481 e. The standard InChI is InChI=1S/C29H37FN8O3/c1-17-27-24(35-29(31)32-17)14-23(20-11-10-18(30)13-21(20)22-8-5-9-25(33-22)40-4)34-28(27)36-41-16-26(39)38-12-6-7-19(15-38)37(2)3/h5,8-11,13,19,23-24,27H,6-7,12,14-16H2,1-4H3,(H2,31,35)(H,34,36)/t19?,23?,24-,27?/m1/s1. The van der Waals surface area contributed by atoms with Gasteiger partial charge in [-0.25, -0.2) is 19.4 Å². The quantitative estimate of drug-likeness (QED) is 0.495. The van der Waals surface area contributed by atoms with Crippen molar-refractivity contribution in [1.82, 2.24) is 20.3 Å². The number of rotatable bonds is 7. The Bertz CT molecular complexity index is 1380. The summed E-state index contributed by atoms with van der Waals surface area (Å²) >= 11 is 0. The molecule has 1 amide bonds. The molecule has 1 aromatic carbocycles. The number of halogens is 1. The van der Waals surface area contributed by atoms with Gasteiger partial charge in [-0.2, -0.15) is 0 Å². The molecule has 218 valence electrons. The van der Waals surface area contributed by atoms with E-state index in [1.807, 2.05) is 32.0 Å². The number of likely N-dealkylation sites (N-methyl/N-ethyl adjacent to an activating group) is 1. The number of carbonyl (C=O) groups is 1. The molecule has 0 bridgehead atoms. The summed E-state index contributed by atoms with van der Waals surface area (Å²) in [5, 5.41) is 0. The van der Waals surface area contributed by atoms with Crippen LogP contribution in [0.3, 0.4) is 0 Å². The molecule has 3 N–H and O–H groups in total. The summed E-state index contributed by atoms with van der Waals surface area (Å²) in [6.45, 7) is 3.12. The molecule has 0 radical (unpaired) electrons. The van der Waals surface area contributed by atoms with Gasteiger partial charge in [-0.1, -0.05) is 12.1 Å². The van der Waals surface area contributed by atoms with E-state index < -0.39 is 6.04 Å². The first-order valence-corrected chi connectivity index (χ1v) is 13.8. The van der Waals surface area contributed by atoms with Crippen LogP contribution < -0.4 is 16.0 Å². The van der Waals surface area contributed by atoms with Gasteiger partial charge in [0.15, 0.2) is 6.61 Å². The summed E-state index contributed by atoms with van der Waals surface area (Å²) in [7, 11) is 5.60. The SMILES string of the molecule is COc1cccc(-c2cc(F)ccc2C2C[C@H]3N=C(N)N=C(C)C3C(NOCC(=O)N3CCCC(N(C)C)C3)=N2)n1. The van der Waals surface area contributed by atoms with Gasteiger partial charge in [-0.3, -0.25) is 20.1 Å². The zero-order valence-electron chi connectivity index (χ0n) is 23.9. The lowest BCUT2D eigenvalue weighted by Crippen LogP contribution is -2.50. The highest BCUT2D eigenvalue weighted by atomic mass is 19.1. The van der Waals surface area contributed by atoms with Gasteiger partial charge in [-0.15, -0.1) is 0 Å². The fraction of sp³-hybridized carbons (Fsp3) is 0.483. The lowest BCUT2D eigenvalue weighted by molar-refractivity contribution is -0.139. The second-order valence-electron chi connectivity index (χ2n) is 10.8. The summed E-state index contributed by atoms with van der Waals surface area (Å²) in [4.78, 5) is 41.2. The predicted octanol–water partition coefficient (Wildman–Crippen LogP) is 2.59. The smallest absolute Gasteiger partial charge is 0.251 e. The van der Waals surface area contributed by atoms with Gasteiger partial charge >= 0.3 is 0 Å². The number of ether oxygens (including phenoxy) is 1. The lowest BCUT2D eigenvalue weighted by Gasteiger charge is -2.37. The molecule has 3 aliphatic rings. The normalized spacial score (nSPS) is 24.2. The van der Waals surface area contributed by atoms with E-state index in [-0.39, 0.29) is 36.3 Å². The minimum atomic E-state index is -0.410. The number of amidine groups is 1. The first-order chi connectivity index (χ1) is 19.7. The number of guanidine groups is 1. The third-order valence-electron chi connectivity index (χ3n) is 7.91. The number of amides is 1. The summed E-state index contributed by atoms with van der Waals surface area (Å²) in [6, 6.07) is 9.58. The average Bonchev–Trinajstić information content (AvgIpc) is 2.96. The molecule has 0 aliphatic carbocycles. The Morgan fingerprint density at radius 3 is 2.85 bits per heavy atom. The Balaban J connectivity index is 1.40. The molecule has 4 atom stereocenters. The number of hydroxylamine groups is 1. The first-order valence-electron chi connectivity index (χ1n) is 13.8. The zero-order chi connectivity index (χ0) is 29.1. The Morgan fingerprint density at radius 2 is 2.07 bits per heavy atom. The van der Waals surface area contributed by atoms with Gasteiger partial charge in [0.1, 0.15) is 11.7 Å². The van der Waals surface area contributed by atoms with E-state index in [4.69, 9.17) is 20.3 Å². The fourth-order valence-electron chi connectivity index (χ4n) is 5.77. The van der Waals surface area contributed by atoms with Crippen LogP contribution in [0.5, 0.6) is 5.88 Å². The molecule has 11 nitrogen and oxygen atoms in total. The van der Waals surface area contributed by atoms with Crippen molar-refractivity contribution in [2.24, 2.45) is 26.6 Å². The Hall–Kier alpha value is -3.90. The molecule has 2 aromatic rings. The number of pyridine rings is 1. The second kappa shape index (κ2) is 12.3. The number of nitrogens with two attached hydrogens (primary N) is 1. The molecule has 5 rings (SSSR count). The van der Waals surface area contributed by atoms with Gasteiger partial charge in [0, 0.05) is 36.5 Å². The fourth-order valence-corrected chi connectivity index (χ4v) is 5.77. The Labute approximate surface area is 239 Å². The predicted molar refractivity (Wildman–Crippen MR) is 155 cm³/mol. The van der Waals surface area contributed by atoms with Crippen LogP contribution in [0.15, 0.2) is 51.4 Å². The minimum absolute atomic E-state index is 0.0882. The van der Waals surface area contributed by atoms with Gasteiger partial charge in [0.2, 0.25) is 11.8 Å². The number of methoxy groups -OCH3 is 1. The van der Waals surface area contributed by atoms with E-state index in [2.05, 4.69) is 25.3 Å². The van der Waals surface area contributed by atoms with Crippen molar-refractivity contribution >= 4 is 23.4 Å². The van der Waals surface area contributed by atoms with Gasteiger partial charge in [0.25, 0.3) is 5.91 Å². The maximum absolute atomic E-state index is 14.5. The number of hydrogen-bond acceptors (Lipinski definition) is 10. The van der Waals surface area contributed by atoms with Crippen LogP contribution in [0.2, 0.25) is 0 Å². The summed E-state index contributed by atoms with van der Waals surface area (Å²) in [5.74, 6) is 0.357. The van der Waals surface area contributed by atoms with E-state index in [9.17, 15) is 9.18 Å². The van der Waals surface area contributed by atoms with Gasteiger partial charge in [0.05, 0.1) is 30.8 Å². The molecule has 1 fully saturated rings. The summed E-state index contributed by atoms with van der Waals surface area (Å²) in [6.07, 6.45) is 2.54. The van der Waals surface area contributed by atoms with Crippen molar-refractivity contribution in [3.8, 4) is 17.1 Å². The van der Waals surface area contributed by atoms with E-state index in [1.165, 1.54) is 19.2 Å². The topological polar surface area (TPSA) is 130 Å². The average molecular weight is 565 g/mol. The van der Waals surface area contributed by atoms with Crippen LogP contribution in [0, 0.1) is 11.7 Å². The Kier molecular flexibility index (Phi) is 8.60. The number of carbonyl (C=O) groups excluding carboxylic acids is 1. The molecule has 1 saturated heterocycles. The molecular weight excluding hydrogens is 527 g/mol. The molecule has 3 aliphatic heterocycles. The molecule has 3 unspecified atom stereocenters. The minimum Gasteiger partial charge on any atom is -0.481 e. The van der Waals surface area contributed by atoms with Crippen LogP contribution in [0.4, 0.5) is 4.39 Å². The van der Waals surface area contributed by atoms with Crippen molar-refractivity contribution in [3.05, 3.63) is 47.8 Å². The van der Waals surface area contributed by atoms with Crippen LogP contribution in [-0.2, 0) is 9.63 Å². The van der Waals surface area contributed by atoms with E-state index in [0.717, 1.165) is 24.1 Å². The molecular formula is C29H37FN8O3. The van der Waals surface area contributed by atoms with Crippen LogP contribution >= 0.6 is 0 Å². The lowest BCUT2D eigenvalue weighted by atomic mass is 9.82. The van der Waals surface area contributed by atoms with Crippen LogP contribution in [0.1, 0.15) is 37.8 Å². The van der Waals surface area contributed by atoms with E-state index in [1.54, 1.807) is 18.2 Å². The van der Waals surface area contributed by atoms with Gasteiger partial charge < -0.3 is 20.3 Å². The third-order valence-corrected chi connectivity index (χ3v) is 7.91. The number of likely N-dealkylation sites (tertiary alicyclic amines) is 1. The molecule has 12 heteroatoms. The maximum atomic E-state index is 14.5. The molecule has 0 saturated carbocycles. The number of aromatic nitrogens is 1. The second-order valence-corrected chi connectivity index (χ2v) is 10.8. The zero-order valence-corrected chi connectivity index (χ0v) is 23.9. The highest BCUT2D eigenvalue weighted by Crippen LogP contribution is 2.39. The van der Waals surface area contributed by atoms with Gasteiger partial charge in [-0.05, 0) is 64.0 Å². The summed E-state index contributed by atoms with van der Waals surface area (Å²) in [5.41, 5.74) is 11.7. The molecule has 41 heavy (non-hydrogen) atoms. The number of nitrogens with one attached hydrogen (secondary N) is 1. The van der Waals surface area contributed by atoms with Crippen LogP contribution in [0.25, 0.3) is 11.3 Å². The van der Waals surface area contributed by atoms with E-state index in [0.29, 0.717) is 48.5 Å². The van der Waals surface area contributed by atoms with Crippen molar-refractivity contribution < 1.29 is 18.8 Å². The maximum Gasteiger partial charge on any atom is 0.251 e. The number of piperidine rings is 1. The highest BCUT2D eigenvalue weighted by Gasteiger charge is 2.39. The molecule has 4 heterocycles. The number of nitrogens with zero attached hydrogens (tertiary/aromatic N) is 6. The Morgan fingerprint density at radius 1 is 1.24 bits per heavy atom. The number of hydrogen-bond donors (Lipinski definition) is 2. The van der Waals surface area contributed by atoms with E-state index >= 15 is 0 Å². The van der Waals surface area contributed by atoms with Crippen LogP contribution in [-0.4, -0.2) is 91.2 Å². The molecule has 1 aromatic heterocycles. The van der Waals surface area contributed by atoms with Crippen molar-refractivity contribution in [2.75, 3.05) is 40.9 Å². The highest BCUT2D eigenvalue weighted by molar-refractivity contribution is 6.11. The number of aliphatic imine (C=N–C) groups is 3. The number of fused-ring (bicyclic) bond motifs is 1. The van der Waals surface area contributed by atoms with Crippen molar-refractivity contribution in [3.63, 3.8) is 0 Å². The first kappa shape index (κ1) is 28.6. The van der Waals surface area contributed by atoms with Crippen molar-refractivity contribution in [1.29, 1.82) is 0 Å². The molecule has 0 spiro atoms. The monoisotopic (exact) mass is 564 g/mol. The number of benzene rings is 1. The third kappa shape index (κ3) is 6.38. The summed E-state index contributed by atoms with van der Waals surface area (Å²) < 4.78 is 19.8. The van der Waals surface area contributed by atoms with Crippen molar-refractivity contribution in [2.45, 2.75) is 44.3 Å².